The van der Waals surface area contributed by atoms with Gasteiger partial charge in [0, 0.05) is 18.3 Å². The van der Waals surface area contributed by atoms with Crippen molar-refractivity contribution in [3.8, 4) is 5.75 Å². The summed E-state index contributed by atoms with van der Waals surface area (Å²) in [6.07, 6.45) is 3.70. The summed E-state index contributed by atoms with van der Waals surface area (Å²) in [6, 6.07) is 8.83. The Morgan fingerprint density at radius 1 is 1.31 bits per heavy atom. The average Bonchev–Trinajstić information content (AvgIpc) is 3.00. The van der Waals surface area contributed by atoms with Gasteiger partial charge in [-0.25, -0.2) is 0 Å². The molecule has 1 aromatic heterocycles. The van der Waals surface area contributed by atoms with Gasteiger partial charge in [0.15, 0.2) is 11.6 Å². The molecular weight excluding hydrogens is 484 g/mol. The van der Waals surface area contributed by atoms with E-state index in [0.29, 0.717) is 41.9 Å². The number of ether oxygens (including phenoxy) is 3. The number of aromatic nitrogens is 2. The molecule has 10 heteroatoms. The second kappa shape index (κ2) is 9.21. The van der Waals surface area contributed by atoms with Crippen molar-refractivity contribution in [1.82, 2.24) is 14.7 Å². The molecule has 36 heavy (non-hydrogen) atoms. The lowest BCUT2D eigenvalue weighted by Crippen LogP contribution is -2.50. The molecule has 1 aromatic carbocycles. The molecule has 3 aliphatic rings. The monoisotopic (exact) mass is 514 g/mol. The summed E-state index contributed by atoms with van der Waals surface area (Å²) in [4.78, 5) is 28.3. The van der Waals surface area contributed by atoms with Gasteiger partial charge in [-0.3, -0.25) is 14.3 Å². The number of amides is 2. The zero-order valence-electron chi connectivity index (χ0n) is 20.9. The smallest absolute Gasteiger partial charge is 0.251 e. The normalized spacial score (nSPS) is 26.9. The molecule has 0 bridgehead atoms. The fourth-order valence-corrected chi connectivity index (χ4v) is 5.31. The van der Waals surface area contributed by atoms with Crippen LogP contribution in [0.4, 0.5) is 5.82 Å². The second-order valence-electron chi connectivity index (χ2n) is 10.4. The molecule has 5 rings (SSSR count). The number of carbonyl (C=O) groups is 2. The minimum Gasteiger partial charge on any atom is -0.458 e. The van der Waals surface area contributed by atoms with Crippen molar-refractivity contribution < 1.29 is 23.8 Å². The fourth-order valence-electron chi connectivity index (χ4n) is 5.14. The average molecular weight is 515 g/mol. The highest BCUT2D eigenvalue weighted by molar-refractivity contribution is 6.32. The SMILES string of the molecule is CC(C)C1CC1(C(=O)Nc1ccn(C[C@@H]2COC(C)(C)O2)n1)N1CC(Oc2ccccc2Cl)=CC1=O. The zero-order chi connectivity index (χ0) is 25.7. The second-order valence-corrected chi connectivity index (χ2v) is 10.8. The van der Waals surface area contributed by atoms with E-state index in [1.165, 1.54) is 6.08 Å². The lowest BCUT2D eigenvalue weighted by molar-refractivity contribution is -0.139. The topological polar surface area (TPSA) is 94.9 Å². The van der Waals surface area contributed by atoms with E-state index in [1.807, 2.05) is 26.0 Å². The number of hydrogen-bond acceptors (Lipinski definition) is 6. The first-order valence-corrected chi connectivity index (χ1v) is 12.6. The van der Waals surface area contributed by atoms with Crippen LogP contribution in [0.2, 0.25) is 5.02 Å². The van der Waals surface area contributed by atoms with Crippen molar-refractivity contribution in [2.75, 3.05) is 18.5 Å². The number of para-hydroxylation sites is 1. The Balaban J connectivity index is 1.27. The number of carbonyl (C=O) groups excluding carboxylic acids is 2. The van der Waals surface area contributed by atoms with Gasteiger partial charge >= 0.3 is 0 Å². The predicted octanol–water partition coefficient (Wildman–Crippen LogP) is 3.85. The third-order valence-electron chi connectivity index (χ3n) is 6.95. The standard InChI is InChI=1S/C26H31ClN4O5/c1-16(2)19-12-26(19,31-14-17(11-23(31)32)35-21-8-6-5-7-20(21)27)24(33)28-22-9-10-30(29-22)13-18-15-34-25(3,4)36-18/h5-11,16,18-19H,12-15H2,1-4H3,(H,28,29,33)/t18-,19?,26?/m1/s1. The van der Waals surface area contributed by atoms with Crippen LogP contribution >= 0.6 is 11.6 Å². The molecular formula is C26H31ClN4O5. The molecule has 9 nitrogen and oxygen atoms in total. The highest BCUT2D eigenvalue weighted by Crippen LogP contribution is 2.54. The number of halogens is 1. The minimum atomic E-state index is -0.955. The summed E-state index contributed by atoms with van der Waals surface area (Å²) in [5.41, 5.74) is -0.955. The van der Waals surface area contributed by atoms with Crippen LogP contribution in [0.5, 0.6) is 5.75 Å². The predicted molar refractivity (Wildman–Crippen MR) is 133 cm³/mol. The molecule has 1 aliphatic carbocycles. The lowest BCUT2D eigenvalue weighted by atomic mass is 10.0. The van der Waals surface area contributed by atoms with Crippen molar-refractivity contribution in [3.05, 3.63) is 53.4 Å². The lowest BCUT2D eigenvalue weighted by Gasteiger charge is -2.29. The number of rotatable bonds is 8. The van der Waals surface area contributed by atoms with Gasteiger partial charge in [0.2, 0.25) is 0 Å². The first-order chi connectivity index (χ1) is 17.1. The van der Waals surface area contributed by atoms with Gasteiger partial charge in [-0.2, -0.15) is 5.10 Å². The first-order valence-electron chi connectivity index (χ1n) is 12.2. The molecule has 3 heterocycles. The Morgan fingerprint density at radius 3 is 2.75 bits per heavy atom. The Labute approximate surface area is 215 Å². The van der Waals surface area contributed by atoms with Gasteiger partial charge in [0.1, 0.15) is 23.2 Å². The third kappa shape index (κ3) is 4.75. The largest absolute Gasteiger partial charge is 0.458 e. The van der Waals surface area contributed by atoms with E-state index in [-0.39, 0.29) is 36.3 Å². The maximum absolute atomic E-state index is 13.6. The molecule has 192 valence electrons. The molecule has 2 amide bonds. The molecule has 1 saturated carbocycles. The van der Waals surface area contributed by atoms with Crippen LogP contribution in [0.3, 0.4) is 0 Å². The van der Waals surface area contributed by atoms with Gasteiger partial charge in [-0.1, -0.05) is 37.6 Å². The maximum atomic E-state index is 13.6. The first kappa shape index (κ1) is 24.8. The van der Waals surface area contributed by atoms with Crippen LogP contribution in [0.15, 0.2) is 48.4 Å². The minimum absolute atomic E-state index is 0.0304. The number of hydrogen-bond donors (Lipinski definition) is 1. The van der Waals surface area contributed by atoms with Crippen molar-refractivity contribution >= 4 is 29.2 Å². The van der Waals surface area contributed by atoms with E-state index in [1.54, 1.807) is 34.0 Å². The van der Waals surface area contributed by atoms with Crippen LogP contribution in [0, 0.1) is 11.8 Å². The van der Waals surface area contributed by atoms with Crippen LogP contribution in [-0.4, -0.2) is 57.1 Å². The molecule has 0 spiro atoms. The molecule has 2 aromatic rings. The Kier molecular flexibility index (Phi) is 6.34. The van der Waals surface area contributed by atoms with E-state index in [4.69, 9.17) is 25.8 Å². The summed E-state index contributed by atoms with van der Waals surface area (Å²) >= 11 is 6.21. The number of nitrogens with one attached hydrogen (secondary N) is 1. The Hall–Kier alpha value is -2.88. The summed E-state index contributed by atoms with van der Waals surface area (Å²) in [5.74, 6) is 0.514. The third-order valence-corrected chi connectivity index (χ3v) is 7.26. The molecule has 3 atom stereocenters. The van der Waals surface area contributed by atoms with Crippen LogP contribution in [0.25, 0.3) is 0 Å². The van der Waals surface area contributed by atoms with Crippen LogP contribution in [0.1, 0.15) is 34.1 Å². The summed E-state index contributed by atoms with van der Waals surface area (Å²) in [5, 5.41) is 7.89. The van der Waals surface area contributed by atoms with E-state index in [0.717, 1.165) is 0 Å². The van der Waals surface area contributed by atoms with E-state index in [2.05, 4.69) is 24.3 Å². The quantitative estimate of drug-likeness (QED) is 0.575. The van der Waals surface area contributed by atoms with E-state index in [9.17, 15) is 9.59 Å². The van der Waals surface area contributed by atoms with Gasteiger partial charge in [0.25, 0.3) is 11.8 Å². The van der Waals surface area contributed by atoms with Gasteiger partial charge in [-0.05, 0) is 44.2 Å². The van der Waals surface area contributed by atoms with E-state index >= 15 is 0 Å². The Bertz CT molecular complexity index is 1210. The van der Waals surface area contributed by atoms with Gasteiger partial charge in [-0.15, -0.1) is 0 Å². The molecule has 2 fully saturated rings. The number of benzene rings is 1. The van der Waals surface area contributed by atoms with Crippen molar-refractivity contribution in [2.24, 2.45) is 11.8 Å². The van der Waals surface area contributed by atoms with Crippen molar-refractivity contribution in [3.63, 3.8) is 0 Å². The van der Waals surface area contributed by atoms with E-state index < -0.39 is 11.3 Å². The fraction of sp³-hybridized carbons (Fsp3) is 0.500. The Morgan fingerprint density at radius 2 is 2.08 bits per heavy atom. The zero-order valence-corrected chi connectivity index (χ0v) is 21.6. The highest BCUT2D eigenvalue weighted by Gasteiger charge is 2.66. The van der Waals surface area contributed by atoms with Crippen molar-refractivity contribution in [2.45, 2.75) is 58.1 Å². The summed E-state index contributed by atoms with van der Waals surface area (Å²) in [6.45, 7) is 9.07. The maximum Gasteiger partial charge on any atom is 0.251 e. The molecule has 2 aliphatic heterocycles. The number of anilines is 1. The number of nitrogens with zero attached hydrogens (tertiary/aromatic N) is 3. The highest BCUT2D eigenvalue weighted by atomic mass is 35.5. The van der Waals surface area contributed by atoms with Gasteiger partial charge in [0.05, 0.1) is 24.7 Å². The summed E-state index contributed by atoms with van der Waals surface area (Å²) in [7, 11) is 0. The van der Waals surface area contributed by atoms with Crippen molar-refractivity contribution in [1.29, 1.82) is 0 Å². The van der Waals surface area contributed by atoms with Crippen LogP contribution in [-0.2, 0) is 25.6 Å². The molecule has 1 saturated heterocycles. The van der Waals surface area contributed by atoms with Gasteiger partial charge < -0.3 is 24.4 Å². The molecule has 1 N–H and O–H groups in total. The van der Waals surface area contributed by atoms with Crippen LogP contribution < -0.4 is 10.1 Å². The molecule has 0 radical (unpaired) electrons. The summed E-state index contributed by atoms with van der Waals surface area (Å²) < 4.78 is 19.1. The molecule has 2 unspecified atom stereocenters.